The summed E-state index contributed by atoms with van der Waals surface area (Å²) in [5, 5.41) is 2.85. The zero-order chi connectivity index (χ0) is 19.4. The number of amides is 2. The molecule has 2 atom stereocenters. The van der Waals surface area contributed by atoms with E-state index in [0.717, 1.165) is 16.5 Å². The van der Waals surface area contributed by atoms with Gasteiger partial charge < -0.3 is 15.0 Å². The Kier molecular flexibility index (Phi) is 6.81. The molecule has 142 valence electrons. The number of aryl methyl sites for hydroxylation is 1. The minimum Gasteiger partial charge on any atom is -0.467 e. The van der Waals surface area contributed by atoms with E-state index in [4.69, 9.17) is 4.74 Å². The Bertz CT molecular complexity index is 705. The highest BCUT2D eigenvalue weighted by molar-refractivity contribution is 9.10. The van der Waals surface area contributed by atoms with Gasteiger partial charge in [0.05, 0.1) is 7.11 Å². The Morgan fingerprint density at radius 1 is 1.31 bits per heavy atom. The zero-order valence-electron chi connectivity index (χ0n) is 15.5. The van der Waals surface area contributed by atoms with E-state index in [0.29, 0.717) is 18.5 Å². The summed E-state index contributed by atoms with van der Waals surface area (Å²) in [7, 11) is 1.32. The van der Waals surface area contributed by atoms with Crippen LogP contribution in [0.2, 0.25) is 0 Å². The molecular weight excluding hydrogens is 400 g/mol. The van der Waals surface area contributed by atoms with Crippen LogP contribution in [0.15, 0.2) is 22.7 Å². The van der Waals surface area contributed by atoms with E-state index >= 15 is 0 Å². The number of carbonyl (C=O) groups is 3. The Morgan fingerprint density at radius 3 is 2.58 bits per heavy atom. The lowest BCUT2D eigenvalue weighted by molar-refractivity contribution is -0.151. The summed E-state index contributed by atoms with van der Waals surface area (Å²) in [6.45, 7) is 6.09. The van der Waals surface area contributed by atoms with Gasteiger partial charge in [0.25, 0.3) is 5.91 Å². The molecule has 1 aromatic rings. The van der Waals surface area contributed by atoms with Crippen molar-refractivity contribution in [3.63, 3.8) is 0 Å². The maximum Gasteiger partial charge on any atom is 0.328 e. The molecule has 0 spiro atoms. The molecule has 0 unspecified atom stereocenters. The summed E-state index contributed by atoms with van der Waals surface area (Å²) in [6.07, 6.45) is 1.33. The minimum absolute atomic E-state index is 0.110. The number of halogens is 1. The standard InChI is InChI=1S/C19H25BrN2O4/c1-11(2)16(18(24)22-9-5-6-15(22)19(25)26-4)21-17(23)14-8-7-13(20)10-12(14)3/h7-8,10-11,15-16H,5-6,9H2,1-4H3,(H,21,23)/t15-,16-/m0/s1. The smallest absolute Gasteiger partial charge is 0.328 e. The SMILES string of the molecule is COC(=O)[C@@H]1CCCN1C(=O)[C@@H](NC(=O)c1ccc(Br)cc1C)C(C)C. The number of likely N-dealkylation sites (tertiary alicyclic amines) is 1. The summed E-state index contributed by atoms with van der Waals surface area (Å²) in [5.41, 5.74) is 1.35. The topological polar surface area (TPSA) is 75.7 Å². The lowest BCUT2D eigenvalue weighted by atomic mass is 10.0. The lowest BCUT2D eigenvalue weighted by Gasteiger charge is -2.30. The van der Waals surface area contributed by atoms with Crippen molar-refractivity contribution in [3.05, 3.63) is 33.8 Å². The Balaban J connectivity index is 2.19. The van der Waals surface area contributed by atoms with Gasteiger partial charge in [-0.15, -0.1) is 0 Å². The average Bonchev–Trinajstić information content (AvgIpc) is 3.07. The van der Waals surface area contributed by atoms with E-state index in [1.807, 2.05) is 26.8 Å². The zero-order valence-corrected chi connectivity index (χ0v) is 17.1. The molecule has 7 heteroatoms. The van der Waals surface area contributed by atoms with Crippen LogP contribution in [0.3, 0.4) is 0 Å². The summed E-state index contributed by atoms with van der Waals surface area (Å²) in [4.78, 5) is 39.2. The summed E-state index contributed by atoms with van der Waals surface area (Å²) >= 11 is 3.38. The molecule has 1 N–H and O–H groups in total. The molecule has 1 fully saturated rings. The quantitative estimate of drug-likeness (QED) is 0.737. The second-order valence-electron chi connectivity index (χ2n) is 6.87. The third kappa shape index (κ3) is 4.44. The van der Waals surface area contributed by atoms with Gasteiger partial charge in [-0.05, 0) is 49.4 Å². The molecule has 0 aliphatic carbocycles. The first-order valence-corrected chi connectivity index (χ1v) is 9.51. The first kappa shape index (κ1) is 20.4. The Labute approximate surface area is 162 Å². The van der Waals surface area contributed by atoms with Gasteiger partial charge in [0.1, 0.15) is 12.1 Å². The van der Waals surface area contributed by atoms with Crippen LogP contribution < -0.4 is 5.32 Å². The second kappa shape index (κ2) is 8.66. The van der Waals surface area contributed by atoms with Gasteiger partial charge in [0.2, 0.25) is 5.91 Å². The van der Waals surface area contributed by atoms with E-state index in [2.05, 4.69) is 21.2 Å². The summed E-state index contributed by atoms with van der Waals surface area (Å²) < 4.78 is 5.70. The minimum atomic E-state index is -0.698. The number of methoxy groups -OCH3 is 1. The highest BCUT2D eigenvalue weighted by Crippen LogP contribution is 2.22. The van der Waals surface area contributed by atoms with Crippen molar-refractivity contribution in [1.82, 2.24) is 10.2 Å². The third-order valence-corrected chi connectivity index (χ3v) is 5.15. The van der Waals surface area contributed by atoms with E-state index in [1.165, 1.54) is 12.0 Å². The number of esters is 1. The van der Waals surface area contributed by atoms with Crippen LogP contribution >= 0.6 is 15.9 Å². The summed E-state index contributed by atoms with van der Waals surface area (Å²) in [6, 6.07) is 4.11. The number of ether oxygens (including phenoxy) is 1. The number of benzene rings is 1. The van der Waals surface area contributed by atoms with Gasteiger partial charge in [-0.1, -0.05) is 29.8 Å². The van der Waals surface area contributed by atoms with Gasteiger partial charge in [0, 0.05) is 16.6 Å². The number of hydrogen-bond donors (Lipinski definition) is 1. The number of rotatable bonds is 5. The van der Waals surface area contributed by atoms with E-state index in [-0.39, 0.29) is 17.7 Å². The number of hydrogen-bond acceptors (Lipinski definition) is 4. The average molecular weight is 425 g/mol. The molecule has 26 heavy (non-hydrogen) atoms. The van der Waals surface area contributed by atoms with Crippen molar-refractivity contribution in [2.24, 2.45) is 5.92 Å². The van der Waals surface area contributed by atoms with Crippen LogP contribution in [-0.2, 0) is 14.3 Å². The molecule has 1 aliphatic rings. The van der Waals surface area contributed by atoms with Crippen LogP contribution in [0, 0.1) is 12.8 Å². The van der Waals surface area contributed by atoms with E-state index < -0.39 is 18.1 Å². The molecule has 0 bridgehead atoms. The Hall–Kier alpha value is -1.89. The van der Waals surface area contributed by atoms with Crippen molar-refractivity contribution in [2.75, 3.05) is 13.7 Å². The fourth-order valence-electron chi connectivity index (χ4n) is 3.20. The molecule has 0 saturated carbocycles. The van der Waals surface area contributed by atoms with E-state index in [9.17, 15) is 14.4 Å². The number of carbonyl (C=O) groups excluding carboxylic acids is 3. The van der Waals surface area contributed by atoms with Crippen LogP contribution in [0.25, 0.3) is 0 Å². The van der Waals surface area contributed by atoms with Gasteiger partial charge in [-0.2, -0.15) is 0 Å². The Morgan fingerprint density at radius 2 is 2.00 bits per heavy atom. The molecule has 0 aromatic heterocycles. The molecule has 6 nitrogen and oxygen atoms in total. The lowest BCUT2D eigenvalue weighted by Crippen LogP contribution is -2.54. The maximum atomic E-state index is 13.0. The van der Waals surface area contributed by atoms with Crippen molar-refractivity contribution in [3.8, 4) is 0 Å². The fourth-order valence-corrected chi connectivity index (χ4v) is 3.68. The molecule has 2 amide bonds. The normalized spacial score (nSPS) is 17.9. The molecule has 1 saturated heterocycles. The van der Waals surface area contributed by atoms with Crippen LogP contribution in [-0.4, -0.2) is 48.4 Å². The van der Waals surface area contributed by atoms with Crippen LogP contribution in [0.5, 0.6) is 0 Å². The molecule has 0 radical (unpaired) electrons. The summed E-state index contributed by atoms with van der Waals surface area (Å²) in [5.74, 6) is -1.05. The highest BCUT2D eigenvalue weighted by Gasteiger charge is 2.39. The highest BCUT2D eigenvalue weighted by atomic mass is 79.9. The van der Waals surface area contributed by atoms with Gasteiger partial charge in [-0.25, -0.2) is 4.79 Å². The predicted octanol–water partition coefficient (Wildman–Crippen LogP) is 2.68. The van der Waals surface area contributed by atoms with Crippen LogP contribution in [0.4, 0.5) is 0 Å². The third-order valence-electron chi connectivity index (χ3n) is 4.66. The molecule has 1 aliphatic heterocycles. The van der Waals surface area contributed by atoms with Gasteiger partial charge in [0.15, 0.2) is 0 Å². The van der Waals surface area contributed by atoms with E-state index in [1.54, 1.807) is 12.1 Å². The van der Waals surface area contributed by atoms with Gasteiger partial charge >= 0.3 is 5.97 Å². The number of nitrogens with zero attached hydrogens (tertiary/aromatic N) is 1. The fraction of sp³-hybridized carbons (Fsp3) is 0.526. The molecular formula is C19H25BrN2O4. The van der Waals surface area contributed by atoms with Crippen molar-refractivity contribution in [2.45, 2.75) is 45.7 Å². The number of nitrogens with one attached hydrogen (secondary N) is 1. The first-order valence-electron chi connectivity index (χ1n) is 8.71. The first-order chi connectivity index (χ1) is 12.3. The predicted molar refractivity (Wildman–Crippen MR) is 102 cm³/mol. The second-order valence-corrected chi connectivity index (χ2v) is 7.78. The van der Waals surface area contributed by atoms with Crippen molar-refractivity contribution >= 4 is 33.7 Å². The monoisotopic (exact) mass is 424 g/mol. The molecule has 1 heterocycles. The maximum absolute atomic E-state index is 13.0. The van der Waals surface area contributed by atoms with Gasteiger partial charge in [-0.3, -0.25) is 9.59 Å². The van der Waals surface area contributed by atoms with Crippen LogP contribution in [0.1, 0.15) is 42.6 Å². The van der Waals surface area contributed by atoms with Crippen molar-refractivity contribution in [1.29, 1.82) is 0 Å². The molecule has 1 aromatic carbocycles. The molecule has 2 rings (SSSR count). The van der Waals surface area contributed by atoms with Crippen molar-refractivity contribution < 1.29 is 19.1 Å². The largest absolute Gasteiger partial charge is 0.467 e.